The average molecular weight is 926 g/mol. The SMILES string of the molecule is COC1(C)C(n2cnc3c(=O)[nH]c(N)nc32)OC(COP(=O)(O)OP(=O)(O)OP(=O)(O)OCC2OC(n3c[n+](C)c4c(=O)[nH]c(N)nc43)[C@@H](O)[C@H]2O)C1(C)OP(=O)(O)O. The maximum atomic E-state index is 12.9. The number of rotatable bonds is 15. The summed E-state index contributed by atoms with van der Waals surface area (Å²) in [5, 5.41) is 21.3. The molecule has 13 N–H and O–H groups in total. The van der Waals surface area contributed by atoms with E-state index in [0.717, 1.165) is 29.5 Å². The second kappa shape index (κ2) is 15.5. The van der Waals surface area contributed by atoms with Crippen molar-refractivity contribution < 1.29 is 93.9 Å². The van der Waals surface area contributed by atoms with Crippen molar-refractivity contribution >= 4 is 65.5 Å². The Hall–Kier alpha value is -3.38. The minimum absolute atomic E-state index is 0.0104. The van der Waals surface area contributed by atoms with Crippen molar-refractivity contribution in [1.29, 1.82) is 0 Å². The summed E-state index contributed by atoms with van der Waals surface area (Å²) in [7, 11) is -20.8. The summed E-state index contributed by atoms with van der Waals surface area (Å²) in [4.78, 5) is 91.6. The third-order valence-corrected chi connectivity index (χ3v) is 14.3. The number of nitrogens with zero attached hydrogens (tertiary/aromatic N) is 6. The lowest BCUT2D eigenvalue weighted by Crippen LogP contribution is -2.57. The smallest absolute Gasteiger partial charge is 0.387 e. The van der Waals surface area contributed by atoms with Crippen molar-refractivity contribution in [3.63, 3.8) is 0 Å². The summed E-state index contributed by atoms with van der Waals surface area (Å²) in [6, 6.07) is 0. The van der Waals surface area contributed by atoms with Crippen molar-refractivity contribution in [3.05, 3.63) is 33.4 Å². The van der Waals surface area contributed by atoms with Gasteiger partial charge in [0, 0.05) is 7.11 Å². The van der Waals surface area contributed by atoms with Crippen LogP contribution in [0.1, 0.15) is 26.3 Å². The molecule has 2 aliphatic heterocycles. The highest BCUT2D eigenvalue weighted by atomic mass is 31.3. The van der Waals surface area contributed by atoms with Crippen LogP contribution in [0.3, 0.4) is 0 Å². The Labute approximate surface area is 327 Å². The molecule has 0 bridgehead atoms. The van der Waals surface area contributed by atoms with Gasteiger partial charge in [-0.2, -0.15) is 23.2 Å². The molecule has 59 heavy (non-hydrogen) atoms. The molecule has 0 aliphatic carbocycles. The predicted octanol–water partition coefficient (Wildman–Crippen LogP) is -3.00. The highest BCUT2D eigenvalue weighted by Crippen LogP contribution is 2.68. The van der Waals surface area contributed by atoms with Gasteiger partial charge in [-0.25, -0.2) is 27.8 Å². The van der Waals surface area contributed by atoms with Crippen molar-refractivity contribution in [2.75, 3.05) is 31.8 Å². The van der Waals surface area contributed by atoms with E-state index in [-0.39, 0.29) is 34.2 Å². The van der Waals surface area contributed by atoms with E-state index < -0.39 is 104 Å². The number of aromatic nitrogens is 8. The fourth-order valence-electron chi connectivity index (χ4n) is 6.53. The third kappa shape index (κ3) is 8.73. The Morgan fingerprint density at radius 1 is 0.847 bits per heavy atom. The van der Waals surface area contributed by atoms with E-state index in [1.165, 1.54) is 24.9 Å². The maximum Gasteiger partial charge on any atom is 0.490 e. The van der Waals surface area contributed by atoms with Crippen LogP contribution in [-0.4, -0.2) is 125 Å². The van der Waals surface area contributed by atoms with Crippen LogP contribution >= 0.6 is 31.3 Å². The summed E-state index contributed by atoms with van der Waals surface area (Å²) in [6.45, 7) is -0.118. The van der Waals surface area contributed by atoms with Crippen molar-refractivity contribution in [2.45, 2.75) is 61.9 Å². The molecule has 35 heteroatoms. The molecule has 0 saturated carbocycles. The number of aliphatic hydroxyl groups excluding tert-OH is 2. The molecule has 4 aromatic heterocycles. The maximum absolute atomic E-state index is 12.9. The fourth-order valence-corrected chi connectivity index (χ4v) is 10.8. The summed E-state index contributed by atoms with van der Waals surface area (Å²) in [5.41, 5.74) is 4.91. The number of anilines is 2. The van der Waals surface area contributed by atoms with Gasteiger partial charge in [0.15, 0.2) is 17.4 Å². The molecule has 0 radical (unpaired) electrons. The number of nitrogens with one attached hydrogen (secondary N) is 2. The topological polar surface area (TPSA) is 454 Å². The number of ether oxygens (including phenoxy) is 3. The minimum Gasteiger partial charge on any atom is -0.387 e. The van der Waals surface area contributed by atoms with Crippen LogP contribution in [0.2, 0.25) is 0 Å². The summed E-state index contributed by atoms with van der Waals surface area (Å²) >= 11 is 0. The molecule has 4 aromatic rings. The van der Waals surface area contributed by atoms with Gasteiger partial charge in [0.2, 0.25) is 24.5 Å². The van der Waals surface area contributed by atoms with Gasteiger partial charge in [0.25, 0.3) is 16.7 Å². The van der Waals surface area contributed by atoms with Gasteiger partial charge in [0.05, 0.1) is 26.6 Å². The molecule has 11 atom stereocenters. The molecule has 2 saturated heterocycles. The van der Waals surface area contributed by atoms with E-state index in [1.54, 1.807) is 0 Å². The number of phosphoric ester groups is 3. The predicted molar refractivity (Wildman–Crippen MR) is 189 cm³/mol. The Balaban J connectivity index is 1.14. The lowest BCUT2D eigenvalue weighted by molar-refractivity contribution is -0.646. The summed E-state index contributed by atoms with van der Waals surface area (Å²) in [5.74, 6) is -0.661. The molecule has 9 unspecified atom stereocenters. The lowest BCUT2D eigenvalue weighted by atomic mass is 9.83. The molecule has 0 aromatic carbocycles. The normalized spacial score (nSPS) is 30.8. The number of nitrogens with two attached hydrogens (primary N) is 2. The first kappa shape index (κ1) is 45.2. The molecule has 2 fully saturated rings. The van der Waals surface area contributed by atoms with Crippen LogP contribution in [0.5, 0.6) is 0 Å². The number of nitrogen functional groups attached to an aromatic ring is 2. The zero-order valence-electron chi connectivity index (χ0n) is 30.5. The molecule has 0 spiro atoms. The summed E-state index contributed by atoms with van der Waals surface area (Å²) < 4.78 is 93.8. The molecule has 0 amide bonds. The number of aromatic amines is 2. The second-order valence-electron chi connectivity index (χ2n) is 13.2. The van der Waals surface area contributed by atoms with E-state index in [1.807, 2.05) is 0 Å². The third-order valence-electron chi connectivity index (χ3n) is 9.41. The fraction of sp³-hybridized carbons (Fsp3) is 0.583. The van der Waals surface area contributed by atoms with E-state index in [2.05, 4.69) is 38.1 Å². The van der Waals surface area contributed by atoms with Gasteiger partial charge in [-0.1, -0.05) is 0 Å². The molecular weight excluding hydrogens is 888 g/mol. The highest BCUT2D eigenvalue weighted by molar-refractivity contribution is 7.66. The number of hydrogen-bond acceptors (Lipinski definition) is 21. The van der Waals surface area contributed by atoms with E-state index in [0.29, 0.717) is 0 Å². The van der Waals surface area contributed by atoms with Crippen molar-refractivity contribution in [3.8, 4) is 0 Å². The highest BCUT2D eigenvalue weighted by Gasteiger charge is 2.67. The van der Waals surface area contributed by atoms with Crippen LogP contribution < -0.4 is 27.2 Å². The number of aryl methyl sites for hydroxylation is 1. The first-order valence-corrected chi connectivity index (χ1v) is 22.3. The van der Waals surface area contributed by atoms with Crippen LogP contribution in [0.15, 0.2) is 22.2 Å². The Bertz CT molecular complexity index is 2600. The largest absolute Gasteiger partial charge is 0.490 e. The average Bonchev–Trinajstić information content (AvgIpc) is 3.78. The van der Waals surface area contributed by atoms with Gasteiger partial charge in [-0.05, 0) is 13.8 Å². The second-order valence-corrected chi connectivity index (χ2v) is 19.0. The van der Waals surface area contributed by atoms with Gasteiger partial charge >= 0.3 is 36.9 Å². The standard InChI is InChI=1S/C24H36N10O21P4/c1-23(53-56(39,40)41)10(52-20(24(23,2)48-4)33-7-27-11-15(33)28-21(25)30-17(11)37)6-50-58(44,45)55-59(46,47)54-57(42,43)49-5-9-13(35)14(36)19(51-9)34-8-32(3)12-16(34)29-22(26)31-18(12)38/h7-10,13-14,19-20,35-36H,5-6H2,1-4H3,(H10-,25,26,28,29,30,31,37,38,39,40,41,42,43,44,45,46,47)/p+1/t9?,10?,13-,14-,19?,20?,23?,24?/m0/s1. The zero-order chi connectivity index (χ0) is 43.8. The number of phosphoric acid groups is 4. The number of aliphatic hydroxyl groups is 2. The van der Waals surface area contributed by atoms with Crippen LogP contribution in [0.4, 0.5) is 11.9 Å². The van der Waals surface area contributed by atoms with Gasteiger partial charge in [-0.3, -0.25) is 37.7 Å². The Morgan fingerprint density at radius 3 is 2.02 bits per heavy atom. The number of imidazole rings is 2. The first-order valence-electron chi connectivity index (χ1n) is 16.3. The first-order chi connectivity index (χ1) is 27.1. The monoisotopic (exact) mass is 925 g/mol. The minimum atomic E-state index is -6.14. The molecule has 6 rings (SSSR count). The van der Waals surface area contributed by atoms with E-state index in [9.17, 15) is 62.5 Å². The molecule has 328 valence electrons. The van der Waals surface area contributed by atoms with Gasteiger partial charge in [-0.15, -0.1) is 0 Å². The van der Waals surface area contributed by atoms with E-state index in [4.69, 9.17) is 34.7 Å². The summed E-state index contributed by atoms with van der Waals surface area (Å²) in [6.07, 6.45) is -7.92. The molecule has 2 aliphatic rings. The van der Waals surface area contributed by atoms with Crippen molar-refractivity contribution in [1.82, 2.24) is 34.1 Å². The van der Waals surface area contributed by atoms with Crippen LogP contribution in [0, 0.1) is 0 Å². The number of H-pyrrole nitrogens is 2. The molecular formula is C24H37N10O21P4+. The van der Waals surface area contributed by atoms with Gasteiger partial charge < -0.3 is 60.4 Å². The van der Waals surface area contributed by atoms with E-state index >= 15 is 0 Å². The van der Waals surface area contributed by atoms with Crippen molar-refractivity contribution in [2.24, 2.45) is 7.05 Å². The number of hydrogen-bond donors (Lipinski definition) is 11. The van der Waals surface area contributed by atoms with Gasteiger partial charge in [0.1, 0.15) is 35.6 Å². The Kier molecular flexibility index (Phi) is 11.9. The Morgan fingerprint density at radius 2 is 1.42 bits per heavy atom. The lowest BCUT2D eigenvalue weighted by Gasteiger charge is -2.42. The van der Waals surface area contributed by atoms with Crippen LogP contribution in [0.25, 0.3) is 22.3 Å². The quantitative estimate of drug-likeness (QED) is 0.0418. The number of methoxy groups -OCH3 is 1. The van der Waals surface area contributed by atoms with Crippen LogP contribution in [-0.2, 0) is 61.7 Å². The molecule has 6 heterocycles. The number of fused-ring (bicyclic) bond motifs is 2. The molecule has 31 nitrogen and oxygen atoms in total. The zero-order valence-corrected chi connectivity index (χ0v) is 34.1.